The Morgan fingerprint density at radius 2 is 1.90 bits per heavy atom. The number of carbonyl (C=O) groups is 2. The molecule has 1 atom stereocenters. The first-order chi connectivity index (χ1) is 14.8. The normalized spacial score (nSPS) is 15.7. The van der Waals surface area contributed by atoms with Crippen LogP contribution in [-0.2, 0) is 15.8 Å². The number of nitrogens with zero attached hydrogens (tertiary/aromatic N) is 2. The average molecular weight is 430 g/mol. The summed E-state index contributed by atoms with van der Waals surface area (Å²) in [6.45, 7) is 0. The van der Waals surface area contributed by atoms with E-state index in [2.05, 4.69) is 15.7 Å². The number of methoxy groups -OCH3 is 1. The first kappa shape index (κ1) is 20.5. The Morgan fingerprint density at radius 3 is 2.58 bits per heavy atom. The topological polar surface area (TPSA) is 85.2 Å². The summed E-state index contributed by atoms with van der Waals surface area (Å²) in [5.74, 6) is -0.260. The Labute approximate surface area is 174 Å². The molecule has 0 spiro atoms. The van der Waals surface area contributed by atoms with E-state index in [1.165, 1.54) is 30.1 Å². The van der Waals surface area contributed by atoms with E-state index in [-0.39, 0.29) is 12.1 Å². The van der Waals surface area contributed by atoms with Crippen molar-refractivity contribution in [3.05, 3.63) is 60.3 Å². The fourth-order valence-corrected chi connectivity index (χ4v) is 3.41. The van der Waals surface area contributed by atoms with Crippen LogP contribution >= 0.6 is 0 Å². The van der Waals surface area contributed by atoms with E-state index in [0.29, 0.717) is 17.1 Å². The lowest BCUT2D eigenvalue weighted by Crippen LogP contribution is -2.36. The number of hydrogen-bond acceptors (Lipinski definition) is 4. The van der Waals surface area contributed by atoms with Crippen molar-refractivity contribution in [2.24, 2.45) is 0 Å². The number of nitrogens with one attached hydrogen (secondary N) is 2. The van der Waals surface area contributed by atoms with Gasteiger partial charge in [0.2, 0.25) is 11.8 Å². The van der Waals surface area contributed by atoms with Crippen molar-refractivity contribution in [3.63, 3.8) is 0 Å². The Hall–Kier alpha value is -3.82. The van der Waals surface area contributed by atoms with Crippen LogP contribution in [0.25, 0.3) is 11.1 Å². The molecule has 0 saturated heterocycles. The van der Waals surface area contributed by atoms with Crippen molar-refractivity contribution in [2.45, 2.75) is 18.6 Å². The van der Waals surface area contributed by atoms with Gasteiger partial charge in [0.05, 0.1) is 31.0 Å². The Bertz CT molecular complexity index is 1140. The third-order valence-electron chi connectivity index (χ3n) is 4.92. The van der Waals surface area contributed by atoms with Gasteiger partial charge in [0.1, 0.15) is 17.6 Å². The maximum absolute atomic E-state index is 13.2. The molecule has 0 saturated carbocycles. The van der Waals surface area contributed by atoms with Gasteiger partial charge in [-0.1, -0.05) is 24.3 Å². The second kappa shape index (κ2) is 7.78. The predicted octanol–water partition coefficient (Wildman–Crippen LogP) is 4.10. The highest BCUT2D eigenvalue weighted by atomic mass is 19.4. The highest BCUT2D eigenvalue weighted by Gasteiger charge is 2.36. The third-order valence-corrected chi connectivity index (χ3v) is 4.92. The van der Waals surface area contributed by atoms with Gasteiger partial charge in [0.25, 0.3) is 0 Å². The van der Waals surface area contributed by atoms with Crippen molar-refractivity contribution in [1.82, 2.24) is 9.78 Å². The van der Waals surface area contributed by atoms with Gasteiger partial charge in [-0.3, -0.25) is 9.59 Å². The van der Waals surface area contributed by atoms with Gasteiger partial charge in [-0.2, -0.15) is 18.3 Å². The predicted molar refractivity (Wildman–Crippen MR) is 107 cm³/mol. The van der Waals surface area contributed by atoms with E-state index >= 15 is 0 Å². The van der Waals surface area contributed by atoms with Crippen LogP contribution in [0.1, 0.15) is 18.0 Å². The molecule has 0 aliphatic carbocycles. The molecule has 1 aromatic heterocycles. The van der Waals surface area contributed by atoms with Crippen molar-refractivity contribution in [1.29, 1.82) is 0 Å². The minimum absolute atomic E-state index is 0.253. The van der Waals surface area contributed by atoms with Gasteiger partial charge in [0.15, 0.2) is 0 Å². The quantitative estimate of drug-likeness (QED) is 0.653. The van der Waals surface area contributed by atoms with Crippen molar-refractivity contribution >= 4 is 23.3 Å². The molecule has 4 rings (SSSR count). The number of halogens is 3. The Morgan fingerprint density at radius 1 is 1.19 bits per heavy atom. The summed E-state index contributed by atoms with van der Waals surface area (Å²) in [6.07, 6.45) is -3.39. The van der Waals surface area contributed by atoms with Crippen LogP contribution in [-0.4, -0.2) is 28.7 Å². The van der Waals surface area contributed by atoms with Crippen LogP contribution in [0, 0.1) is 0 Å². The van der Waals surface area contributed by atoms with Gasteiger partial charge in [-0.05, 0) is 29.8 Å². The van der Waals surface area contributed by atoms with E-state index in [1.807, 2.05) is 0 Å². The van der Waals surface area contributed by atoms with Crippen LogP contribution in [0.3, 0.4) is 0 Å². The molecule has 10 heteroatoms. The summed E-state index contributed by atoms with van der Waals surface area (Å²) in [5, 5.41) is 9.20. The number of carbonyl (C=O) groups excluding carboxylic acids is 2. The van der Waals surface area contributed by atoms with E-state index in [9.17, 15) is 22.8 Å². The SMILES string of the molecule is COc1ccc(-c2cnn3c2NC(=O)C[C@@H]3C(=O)Nc2ccccc2C(F)(F)F)cc1. The van der Waals surface area contributed by atoms with Crippen LogP contribution in [0.5, 0.6) is 5.75 Å². The monoisotopic (exact) mass is 430 g/mol. The van der Waals surface area contributed by atoms with Crippen molar-refractivity contribution in [3.8, 4) is 16.9 Å². The fourth-order valence-electron chi connectivity index (χ4n) is 3.41. The molecule has 2 amide bonds. The van der Waals surface area contributed by atoms with Crippen LogP contribution in [0.2, 0.25) is 0 Å². The minimum Gasteiger partial charge on any atom is -0.497 e. The molecule has 2 heterocycles. The van der Waals surface area contributed by atoms with E-state index in [1.54, 1.807) is 24.3 Å². The number of ether oxygens (including phenoxy) is 1. The highest BCUT2D eigenvalue weighted by molar-refractivity contribution is 6.03. The maximum atomic E-state index is 13.2. The lowest BCUT2D eigenvalue weighted by Gasteiger charge is -2.25. The molecule has 0 bridgehead atoms. The Kier molecular flexibility index (Phi) is 5.14. The number of amides is 2. The second-order valence-electron chi connectivity index (χ2n) is 6.88. The van der Waals surface area contributed by atoms with Gasteiger partial charge in [-0.15, -0.1) is 0 Å². The molecule has 1 aliphatic heterocycles. The molecule has 7 nitrogen and oxygen atoms in total. The van der Waals surface area contributed by atoms with Gasteiger partial charge in [-0.25, -0.2) is 4.68 Å². The maximum Gasteiger partial charge on any atom is 0.418 e. The zero-order chi connectivity index (χ0) is 22.2. The standard InChI is InChI=1S/C21H17F3N4O3/c1-31-13-8-6-12(7-9-13)14-11-25-28-17(10-18(29)27-19(14)28)20(30)26-16-5-3-2-4-15(16)21(22,23)24/h2-9,11,17H,10H2,1H3,(H,26,30)(H,27,29)/t17-/m1/s1. The smallest absolute Gasteiger partial charge is 0.418 e. The molecule has 31 heavy (non-hydrogen) atoms. The third kappa shape index (κ3) is 3.96. The second-order valence-corrected chi connectivity index (χ2v) is 6.88. The summed E-state index contributed by atoms with van der Waals surface area (Å²) in [6, 6.07) is 10.6. The Balaban J connectivity index is 1.66. The number of anilines is 2. The zero-order valence-electron chi connectivity index (χ0n) is 16.2. The first-order valence-electron chi connectivity index (χ1n) is 9.27. The molecule has 0 unspecified atom stereocenters. The van der Waals surface area contributed by atoms with Crippen molar-refractivity contribution in [2.75, 3.05) is 17.7 Å². The number of alkyl halides is 3. The number of benzene rings is 2. The summed E-state index contributed by atoms with van der Waals surface area (Å²) in [5.41, 5.74) is -0.0479. The summed E-state index contributed by atoms with van der Waals surface area (Å²) < 4.78 is 46.2. The fraction of sp³-hybridized carbons (Fsp3) is 0.190. The number of fused-ring (bicyclic) bond motifs is 1. The van der Waals surface area contributed by atoms with Crippen LogP contribution in [0.15, 0.2) is 54.7 Å². The lowest BCUT2D eigenvalue weighted by molar-refractivity contribution is -0.137. The van der Waals surface area contributed by atoms with Gasteiger partial charge in [0, 0.05) is 5.56 Å². The molecular formula is C21H17F3N4O3. The van der Waals surface area contributed by atoms with Gasteiger partial charge < -0.3 is 15.4 Å². The molecule has 1 aliphatic rings. The van der Waals surface area contributed by atoms with Gasteiger partial charge >= 0.3 is 6.18 Å². The summed E-state index contributed by atoms with van der Waals surface area (Å²) in [4.78, 5) is 25.1. The number of hydrogen-bond donors (Lipinski definition) is 2. The molecule has 3 aromatic rings. The van der Waals surface area contributed by atoms with E-state index < -0.39 is 29.6 Å². The molecule has 2 N–H and O–H groups in total. The van der Waals surface area contributed by atoms with Crippen LogP contribution in [0.4, 0.5) is 24.7 Å². The molecule has 2 aromatic carbocycles. The van der Waals surface area contributed by atoms with Crippen LogP contribution < -0.4 is 15.4 Å². The number of rotatable bonds is 4. The molecule has 0 fully saturated rings. The minimum atomic E-state index is -4.63. The van der Waals surface area contributed by atoms with E-state index in [0.717, 1.165) is 17.7 Å². The first-order valence-corrected chi connectivity index (χ1v) is 9.27. The molecule has 160 valence electrons. The average Bonchev–Trinajstić information content (AvgIpc) is 3.16. The van der Waals surface area contributed by atoms with Crippen molar-refractivity contribution < 1.29 is 27.5 Å². The summed E-state index contributed by atoms with van der Waals surface area (Å²) in [7, 11) is 1.54. The lowest BCUT2D eigenvalue weighted by atomic mass is 10.1. The largest absolute Gasteiger partial charge is 0.497 e. The highest BCUT2D eigenvalue weighted by Crippen LogP contribution is 2.37. The number of para-hydroxylation sites is 1. The molecular weight excluding hydrogens is 413 g/mol. The summed E-state index contributed by atoms with van der Waals surface area (Å²) >= 11 is 0. The van der Waals surface area contributed by atoms with E-state index in [4.69, 9.17) is 4.74 Å². The zero-order valence-corrected chi connectivity index (χ0v) is 16.2. The molecule has 0 radical (unpaired) electrons. The number of aromatic nitrogens is 2.